The molecule has 2 N–H and O–H groups in total. The first-order chi connectivity index (χ1) is 15.0. The summed E-state index contributed by atoms with van der Waals surface area (Å²) in [6.07, 6.45) is -1.99. The molecule has 0 saturated heterocycles. The Kier molecular flexibility index (Phi) is 11.0. The van der Waals surface area contributed by atoms with Gasteiger partial charge in [0.15, 0.2) is 6.29 Å². The van der Waals surface area contributed by atoms with Gasteiger partial charge in [0.2, 0.25) is 0 Å². The van der Waals surface area contributed by atoms with E-state index in [2.05, 4.69) is 5.32 Å². The fourth-order valence-corrected chi connectivity index (χ4v) is 5.98. The highest BCUT2D eigenvalue weighted by molar-refractivity contribution is 6.64. The molecule has 0 aliphatic rings. The van der Waals surface area contributed by atoms with Gasteiger partial charge in [-0.15, -0.1) is 0 Å². The van der Waals surface area contributed by atoms with Crippen LogP contribution in [0.15, 0.2) is 24.3 Å². The fourth-order valence-electron chi connectivity index (χ4n) is 3.48. The van der Waals surface area contributed by atoms with Gasteiger partial charge in [-0.25, -0.2) is 4.79 Å². The van der Waals surface area contributed by atoms with Crippen LogP contribution < -0.4 is 5.32 Å². The van der Waals surface area contributed by atoms with Crippen LogP contribution in [0.4, 0.5) is 4.79 Å². The first kappa shape index (κ1) is 29.5. The predicted molar refractivity (Wildman–Crippen MR) is 130 cm³/mol. The smallest absolute Gasteiger partial charge is 0.407 e. The third kappa shape index (κ3) is 12.0. The van der Waals surface area contributed by atoms with Crippen molar-refractivity contribution >= 4 is 14.7 Å². The van der Waals surface area contributed by atoms with Gasteiger partial charge in [0, 0.05) is 32.7 Å². The maximum absolute atomic E-state index is 12.2. The molecule has 0 aliphatic heterocycles. The Morgan fingerprint density at radius 3 is 1.94 bits per heavy atom. The van der Waals surface area contributed by atoms with Crippen molar-refractivity contribution in [1.29, 1.82) is 0 Å². The zero-order valence-electron chi connectivity index (χ0n) is 21.9. The van der Waals surface area contributed by atoms with Crippen molar-refractivity contribution in [1.82, 2.24) is 5.32 Å². The number of hydrogen-bond acceptors (Lipinski definition) is 7. The van der Waals surface area contributed by atoms with E-state index in [0.29, 0.717) is 0 Å². The van der Waals surface area contributed by atoms with Gasteiger partial charge < -0.3 is 33.5 Å². The van der Waals surface area contributed by atoms with Crippen molar-refractivity contribution in [2.75, 3.05) is 20.8 Å². The summed E-state index contributed by atoms with van der Waals surface area (Å²) in [6, 6.07) is 7.37. The molecule has 0 spiro atoms. The van der Waals surface area contributed by atoms with Gasteiger partial charge in [-0.2, -0.15) is 0 Å². The van der Waals surface area contributed by atoms with Crippen molar-refractivity contribution in [3.63, 3.8) is 0 Å². The van der Waals surface area contributed by atoms with Crippen molar-refractivity contribution in [3.05, 3.63) is 35.4 Å². The summed E-state index contributed by atoms with van der Waals surface area (Å²) >= 11 is 0. The SMILES string of the molecule is COC(OC)c1ccc([C@@H](O)C[C@H](CNC(=O)OC(C)(C)C)O[Si](C)(C)OC(C)(C)C)cc1. The van der Waals surface area contributed by atoms with Crippen LogP contribution in [0.1, 0.15) is 71.5 Å². The highest BCUT2D eigenvalue weighted by Crippen LogP contribution is 2.26. The fraction of sp³-hybridized carbons (Fsp3) is 0.708. The monoisotopic (exact) mass is 485 g/mol. The Morgan fingerprint density at radius 1 is 0.970 bits per heavy atom. The Labute approximate surface area is 200 Å². The first-order valence-electron chi connectivity index (χ1n) is 11.2. The van der Waals surface area contributed by atoms with Crippen LogP contribution in [-0.2, 0) is 23.1 Å². The second-order valence-electron chi connectivity index (χ2n) is 10.5. The van der Waals surface area contributed by atoms with E-state index in [1.807, 2.05) is 58.1 Å². The lowest BCUT2D eigenvalue weighted by molar-refractivity contribution is -0.106. The van der Waals surface area contributed by atoms with Crippen molar-refractivity contribution in [3.8, 4) is 0 Å². The minimum atomic E-state index is -2.56. The van der Waals surface area contributed by atoms with E-state index >= 15 is 0 Å². The molecule has 0 radical (unpaired) electrons. The second-order valence-corrected chi connectivity index (χ2v) is 13.7. The average Bonchev–Trinajstić information content (AvgIpc) is 2.64. The molecule has 8 nitrogen and oxygen atoms in total. The summed E-state index contributed by atoms with van der Waals surface area (Å²) in [7, 11) is 0.584. The number of methoxy groups -OCH3 is 2. The van der Waals surface area contributed by atoms with Crippen LogP contribution in [0.3, 0.4) is 0 Å². The van der Waals surface area contributed by atoms with E-state index in [1.165, 1.54) is 0 Å². The van der Waals surface area contributed by atoms with Crippen LogP contribution in [0.25, 0.3) is 0 Å². The van der Waals surface area contributed by atoms with Gasteiger partial charge in [-0.05, 0) is 60.2 Å². The summed E-state index contributed by atoms with van der Waals surface area (Å²) in [5, 5.41) is 13.7. The molecule has 0 heterocycles. The molecule has 0 bridgehead atoms. The van der Waals surface area contributed by atoms with Crippen molar-refractivity contribution < 1.29 is 33.0 Å². The van der Waals surface area contributed by atoms with Gasteiger partial charge in [-0.3, -0.25) is 0 Å². The number of amides is 1. The minimum absolute atomic E-state index is 0.184. The molecule has 0 unspecified atom stereocenters. The van der Waals surface area contributed by atoms with Crippen LogP contribution in [-0.4, -0.2) is 57.8 Å². The first-order valence-corrected chi connectivity index (χ1v) is 14.1. The summed E-state index contributed by atoms with van der Waals surface area (Å²) in [4.78, 5) is 12.2. The number of ether oxygens (including phenoxy) is 3. The Hall–Kier alpha value is -1.49. The van der Waals surface area contributed by atoms with Gasteiger partial charge in [-0.1, -0.05) is 24.3 Å². The van der Waals surface area contributed by atoms with Gasteiger partial charge in [0.25, 0.3) is 0 Å². The number of benzene rings is 1. The maximum Gasteiger partial charge on any atom is 0.407 e. The van der Waals surface area contributed by atoms with Crippen LogP contribution >= 0.6 is 0 Å². The molecule has 0 aliphatic carbocycles. The molecule has 190 valence electrons. The zero-order valence-corrected chi connectivity index (χ0v) is 22.9. The third-order valence-corrected chi connectivity index (χ3v) is 6.39. The normalized spacial score (nSPS) is 14.8. The number of alkyl carbamates (subject to hydrolysis) is 1. The molecule has 9 heteroatoms. The van der Waals surface area contributed by atoms with Crippen LogP contribution in [0, 0.1) is 0 Å². The number of nitrogens with one attached hydrogen (secondary N) is 1. The maximum atomic E-state index is 12.2. The third-order valence-electron chi connectivity index (χ3n) is 4.38. The average molecular weight is 486 g/mol. The summed E-state index contributed by atoms with van der Waals surface area (Å²) in [5.41, 5.74) is 0.606. The molecular weight excluding hydrogens is 442 g/mol. The molecule has 33 heavy (non-hydrogen) atoms. The van der Waals surface area contributed by atoms with E-state index in [0.717, 1.165) is 11.1 Å². The Balaban J connectivity index is 2.94. The quantitative estimate of drug-likeness (QED) is 0.342. The predicted octanol–water partition coefficient (Wildman–Crippen LogP) is 4.83. The zero-order chi connectivity index (χ0) is 25.4. The number of rotatable bonds is 11. The van der Waals surface area contributed by atoms with E-state index < -0.39 is 38.8 Å². The van der Waals surface area contributed by atoms with E-state index in [1.54, 1.807) is 35.0 Å². The van der Waals surface area contributed by atoms with Crippen LogP contribution in [0.5, 0.6) is 0 Å². The van der Waals surface area contributed by atoms with Gasteiger partial charge in [0.05, 0.1) is 17.8 Å². The molecule has 1 aromatic carbocycles. The van der Waals surface area contributed by atoms with E-state index in [-0.39, 0.29) is 18.6 Å². The molecule has 1 rings (SSSR count). The molecule has 1 aromatic rings. The largest absolute Gasteiger partial charge is 0.444 e. The summed E-state index contributed by atoms with van der Waals surface area (Å²) < 4.78 is 28.4. The minimum Gasteiger partial charge on any atom is -0.444 e. The number of aliphatic hydroxyl groups excluding tert-OH is 1. The molecular formula is C24H43NO7Si. The second kappa shape index (κ2) is 12.3. The summed E-state index contributed by atoms with van der Waals surface area (Å²) in [6.45, 7) is 15.4. The van der Waals surface area contributed by atoms with E-state index in [4.69, 9.17) is 23.1 Å². The van der Waals surface area contributed by atoms with Crippen LogP contribution in [0.2, 0.25) is 13.1 Å². The number of carbonyl (C=O) groups excluding carboxylic acids is 1. The number of aliphatic hydroxyl groups is 1. The molecule has 0 fully saturated rings. The highest BCUT2D eigenvalue weighted by Gasteiger charge is 2.34. The van der Waals surface area contributed by atoms with Crippen molar-refractivity contribution in [2.45, 2.75) is 90.8 Å². The van der Waals surface area contributed by atoms with Gasteiger partial charge in [0.1, 0.15) is 5.60 Å². The Bertz CT molecular complexity index is 722. The molecule has 0 saturated carbocycles. The Morgan fingerprint density at radius 2 is 1.48 bits per heavy atom. The lowest BCUT2D eigenvalue weighted by Crippen LogP contribution is -2.48. The lowest BCUT2D eigenvalue weighted by atomic mass is 10.0. The number of carbonyl (C=O) groups is 1. The topological polar surface area (TPSA) is 95.5 Å². The highest BCUT2D eigenvalue weighted by atomic mass is 28.4. The summed E-state index contributed by atoms with van der Waals surface area (Å²) in [5.74, 6) is 0. The lowest BCUT2D eigenvalue weighted by Gasteiger charge is -2.35. The molecule has 0 aromatic heterocycles. The van der Waals surface area contributed by atoms with Crippen molar-refractivity contribution in [2.24, 2.45) is 0 Å². The molecule has 1 amide bonds. The number of hydrogen-bond donors (Lipinski definition) is 2. The molecule has 2 atom stereocenters. The van der Waals surface area contributed by atoms with Gasteiger partial charge >= 0.3 is 14.7 Å². The standard InChI is InChI=1S/C24H43NO7Si/c1-23(2,3)30-22(27)25-16-19(31-33(9,10)32-24(4,5)6)15-20(26)17-11-13-18(14-12-17)21(28-7)29-8/h11-14,19-21,26H,15-16H2,1-10H3,(H,25,27)/t19-,20+/m1/s1. The van der Waals surface area contributed by atoms with E-state index in [9.17, 15) is 9.90 Å².